The monoisotopic (exact) mass is 455 g/mol. The van der Waals surface area contributed by atoms with Crippen molar-refractivity contribution in [3.8, 4) is 17.0 Å². The molecule has 4 aromatic rings. The molecule has 6 nitrogen and oxygen atoms in total. The molecule has 0 bridgehead atoms. The first-order valence-electron chi connectivity index (χ1n) is 8.25. The molecule has 140 valence electrons. The second-order valence-electron chi connectivity index (χ2n) is 5.81. The largest absolute Gasteiger partial charge is 0.497 e. The second-order valence-corrected chi connectivity index (χ2v) is 7.59. The number of ether oxygens (including phenoxy) is 1. The van der Waals surface area contributed by atoms with Crippen LogP contribution in [-0.2, 0) is 0 Å². The number of rotatable bonds is 5. The molecule has 0 saturated carbocycles. The molecule has 0 aliphatic heterocycles. The third-order valence-corrected chi connectivity index (χ3v) is 5.18. The number of nitrogens with zero attached hydrogens (tertiary/aromatic N) is 2. The molecule has 0 unspecified atom stereocenters. The lowest BCUT2D eigenvalue weighted by atomic mass is 10.1. The number of anilines is 1. The Morgan fingerprint density at radius 1 is 1.25 bits per heavy atom. The molecule has 0 fully saturated rings. The molecular formula is C20H14BrN3O3S. The highest BCUT2D eigenvalue weighted by Gasteiger charge is 2.11. The Kier molecular flexibility index (Phi) is 5.23. The number of hydrogen-bond acceptors (Lipinski definition) is 7. The molecule has 2 aromatic carbocycles. The van der Waals surface area contributed by atoms with Crippen molar-refractivity contribution in [3.05, 3.63) is 74.4 Å². The fourth-order valence-electron chi connectivity index (χ4n) is 2.61. The van der Waals surface area contributed by atoms with Crippen LogP contribution in [0, 0.1) is 0 Å². The SMILES string of the molecule is COc1cccc(/C=N/Nc2nc(-c3cc4cc(Br)ccc4oc3=O)cs2)c1. The number of fused-ring (bicyclic) bond motifs is 1. The van der Waals surface area contributed by atoms with Gasteiger partial charge in [0.05, 0.1) is 24.6 Å². The summed E-state index contributed by atoms with van der Waals surface area (Å²) < 4.78 is 11.5. The minimum atomic E-state index is -0.424. The van der Waals surface area contributed by atoms with Crippen molar-refractivity contribution >= 4 is 49.6 Å². The maximum absolute atomic E-state index is 12.3. The van der Waals surface area contributed by atoms with Gasteiger partial charge in [-0.15, -0.1) is 11.3 Å². The Labute approximate surface area is 172 Å². The molecule has 2 aromatic heterocycles. The highest BCUT2D eigenvalue weighted by Crippen LogP contribution is 2.26. The van der Waals surface area contributed by atoms with Crippen LogP contribution in [0.2, 0.25) is 0 Å². The quantitative estimate of drug-likeness (QED) is 0.256. The smallest absolute Gasteiger partial charge is 0.345 e. The fourth-order valence-corrected chi connectivity index (χ4v) is 3.64. The molecule has 8 heteroatoms. The second kappa shape index (κ2) is 7.95. The Morgan fingerprint density at radius 2 is 2.14 bits per heavy atom. The van der Waals surface area contributed by atoms with Crippen LogP contribution in [-0.4, -0.2) is 18.3 Å². The number of nitrogens with one attached hydrogen (secondary N) is 1. The van der Waals surface area contributed by atoms with Crippen LogP contribution in [0.25, 0.3) is 22.2 Å². The van der Waals surface area contributed by atoms with Gasteiger partial charge in [-0.2, -0.15) is 5.10 Å². The Bertz CT molecular complexity index is 1230. The van der Waals surface area contributed by atoms with Crippen molar-refractivity contribution in [3.63, 3.8) is 0 Å². The fraction of sp³-hybridized carbons (Fsp3) is 0.0500. The van der Waals surface area contributed by atoms with Crippen LogP contribution in [0.4, 0.5) is 5.13 Å². The van der Waals surface area contributed by atoms with E-state index in [0.717, 1.165) is 21.2 Å². The summed E-state index contributed by atoms with van der Waals surface area (Å²) in [6.07, 6.45) is 1.67. The molecule has 0 saturated heterocycles. The predicted molar refractivity (Wildman–Crippen MR) is 116 cm³/mol. The number of aromatic nitrogens is 1. The van der Waals surface area contributed by atoms with Gasteiger partial charge in [0.15, 0.2) is 0 Å². The number of hydrogen-bond donors (Lipinski definition) is 1. The van der Waals surface area contributed by atoms with Crippen LogP contribution in [0.5, 0.6) is 5.75 Å². The lowest BCUT2D eigenvalue weighted by Crippen LogP contribution is -2.03. The van der Waals surface area contributed by atoms with Crippen LogP contribution in [0.1, 0.15) is 5.56 Å². The van der Waals surface area contributed by atoms with Crippen LogP contribution in [0.15, 0.2) is 72.7 Å². The molecule has 4 rings (SSSR count). The zero-order valence-corrected chi connectivity index (χ0v) is 17.1. The standard InChI is InChI=1S/C20H14BrN3O3S/c1-26-15-4-2-3-12(7-15)10-22-24-20-23-17(11-28-20)16-9-13-8-14(21)5-6-18(13)27-19(16)25/h2-11H,1H3,(H,23,24)/b22-10+. The summed E-state index contributed by atoms with van der Waals surface area (Å²) in [7, 11) is 1.62. The van der Waals surface area contributed by atoms with E-state index in [2.05, 4.69) is 31.4 Å². The van der Waals surface area contributed by atoms with Gasteiger partial charge in [-0.1, -0.05) is 28.1 Å². The van der Waals surface area contributed by atoms with Crippen LogP contribution < -0.4 is 15.8 Å². The van der Waals surface area contributed by atoms with Gasteiger partial charge in [-0.3, -0.25) is 5.43 Å². The van der Waals surface area contributed by atoms with Crippen LogP contribution >= 0.6 is 27.3 Å². The zero-order valence-electron chi connectivity index (χ0n) is 14.7. The maximum Gasteiger partial charge on any atom is 0.345 e. The van der Waals surface area contributed by atoms with E-state index in [4.69, 9.17) is 9.15 Å². The number of benzene rings is 2. The van der Waals surface area contributed by atoms with E-state index in [1.165, 1.54) is 11.3 Å². The van der Waals surface area contributed by atoms with E-state index < -0.39 is 5.63 Å². The Morgan fingerprint density at radius 3 is 3.00 bits per heavy atom. The number of halogens is 1. The molecule has 0 radical (unpaired) electrons. The van der Waals surface area contributed by atoms with E-state index in [9.17, 15) is 4.79 Å². The normalized spacial score (nSPS) is 11.2. The summed E-state index contributed by atoms with van der Waals surface area (Å²) in [6, 6.07) is 14.8. The Hall–Kier alpha value is -2.97. The predicted octanol–water partition coefficient (Wildman–Crippen LogP) is 5.13. The van der Waals surface area contributed by atoms with E-state index >= 15 is 0 Å². The van der Waals surface area contributed by atoms with Crippen molar-refractivity contribution in [1.29, 1.82) is 0 Å². The first-order valence-corrected chi connectivity index (χ1v) is 9.92. The average molecular weight is 456 g/mol. The van der Waals surface area contributed by atoms with Gasteiger partial charge in [0, 0.05) is 15.2 Å². The summed E-state index contributed by atoms with van der Waals surface area (Å²) in [6.45, 7) is 0. The molecule has 0 amide bonds. The third-order valence-electron chi connectivity index (χ3n) is 3.94. The lowest BCUT2D eigenvalue weighted by molar-refractivity contribution is 0.415. The van der Waals surface area contributed by atoms with E-state index in [-0.39, 0.29) is 0 Å². The van der Waals surface area contributed by atoms with E-state index in [0.29, 0.717) is 22.0 Å². The van der Waals surface area contributed by atoms with E-state index in [1.807, 2.05) is 36.4 Å². The van der Waals surface area contributed by atoms with Gasteiger partial charge < -0.3 is 9.15 Å². The highest BCUT2D eigenvalue weighted by atomic mass is 79.9. The van der Waals surface area contributed by atoms with Crippen LogP contribution in [0.3, 0.4) is 0 Å². The van der Waals surface area contributed by atoms with E-state index in [1.54, 1.807) is 30.8 Å². The number of methoxy groups -OCH3 is 1. The summed E-state index contributed by atoms with van der Waals surface area (Å²) in [5.41, 5.74) is 4.84. The molecule has 2 heterocycles. The molecule has 0 atom stereocenters. The summed E-state index contributed by atoms with van der Waals surface area (Å²) in [5.74, 6) is 0.759. The summed E-state index contributed by atoms with van der Waals surface area (Å²) in [4.78, 5) is 16.7. The van der Waals surface area contributed by atoms with Gasteiger partial charge in [0.25, 0.3) is 0 Å². The minimum Gasteiger partial charge on any atom is -0.497 e. The minimum absolute atomic E-state index is 0.409. The molecular weight excluding hydrogens is 442 g/mol. The lowest BCUT2D eigenvalue weighted by Gasteiger charge is -2.00. The highest BCUT2D eigenvalue weighted by molar-refractivity contribution is 9.10. The average Bonchev–Trinajstić information content (AvgIpc) is 3.16. The van der Waals surface area contributed by atoms with Gasteiger partial charge in [0.2, 0.25) is 5.13 Å². The zero-order chi connectivity index (χ0) is 19.5. The first-order chi connectivity index (χ1) is 13.6. The van der Waals surface area contributed by atoms with Crippen molar-refractivity contribution in [2.24, 2.45) is 5.10 Å². The van der Waals surface area contributed by atoms with Crippen molar-refractivity contribution in [2.45, 2.75) is 0 Å². The number of thiazole rings is 1. The molecule has 0 aliphatic carbocycles. The molecule has 0 spiro atoms. The number of hydrazone groups is 1. The molecule has 28 heavy (non-hydrogen) atoms. The molecule has 0 aliphatic rings. The van der Waals surface area contributed by atoms with Crippen molar-refractivity contribution in [1.82, 2.24) is 4.98 Å². The first kappa shape index (κ1) is 18.4. The van der Waals surface area contributed by atoms with Crippen molar-refractivity contribution in [2.75, 3.05) is 12.5 Å². The summed E-state index contributed by atoms with van der Waals surface area (Å²) in [5, 5.41) is 7.37. The Balaban J connectivity index is 1.56. The molecule has 1 N–H and O–H groups in total. The van der Waals surface area contributed by atoms with Crippen molar-refractivity contribution < 1.29 is 9.15 Å². The van der Waals surface area contributed by atoms with Gasteiger partial charge in [-0.25, -0.2) is 9.78 Å². The summed E-state index contributed by atoms with van der Waals surface area (Å²) >= 11 is 4.78. The van der Waals surface area contributed by atoms with Gasteiger partial charge in [0.1, 0.15) is 11.3 Å². The maximum atomic E-state index is 12.3. The third kappa shape index (κ3) is 3.97. The van der Waals surface area contributed by atoms with Gasteiger partial charge in [-0.05, 0) is 42.0 Å². The topological polar surface area (TPSA) is 76.7 Å². The van der Waals surface area contributed by atoms with Gasteiger partial charge >= 0.3 is 5.63 Å².